The van der Waals surface area contributed by atoms with E-state index in [1.165, 1.54) is 73.4 Å². The van der Waals surface area contributed by atoms with Gasteiger partial charge in [0.1, 0.15) is 9.66 Å². The Labute approximate surface area is 325 Å². The largest absolute Gasteiger partial charge is 0.310 e. The van der Waals surface area contributed by atoms with Crippen molar-refractivity contribution < 1.29 is 0 Å². The third-order valence-electron chi connectivity index (χ3n) is 11.1. The molecule has 0 atom stereocenters. The van der Waals surface area contributed by atoms with Gasteiger partial charge in [0.15, 0.2) is 0 Å². The Morgan fingerprint density at radius 3 is 1.56 bits per heavy atom. The predicted octanol–water partition coefficient (Wildman–Crippen LogP) is 15.4. The number of thiophene rings is 2. The van der Waals surface area contributed by atoms with Crippen molar-refractivity contribution in [2.24, 2.45) is 0 Å². The molecule has 3 nitrogen and oxygen atoms in total. The second-order valence-electron chi connectivity index (χ2n) is 14.1. The summed E-state index contributed by atoms with van der Waals surface area (Å²) in [6, 6.07) is 68.3. The third kappa shape index (κ3) is 4.54. The highest BCUT2D eigenvalue weighted by molar-refractivity contribution is 7.27. The number of anilines is 6. The van der Waals surface area contributed by atoms with Crippen LogP contribution < -0.4 is 9.80 Å². The van der Waals surface area contributed by atoms with Gasteiger partial charge in [0.2, 0.25) is 0 Å². The van der Waals surface area contributed by atoms with E-state index < -0.39 is 0 Å². The van der Waals surface area contributed by atoms with Crippen LogP contribution in [0.2, 0.25) is 0 Å². The lowest BCUT2D eigenvalue weighted by molar-refractivity contribution is 1.29. The van der Waals surface area contributed by atoms with Crippen molar-refractivity contribution in [1.29, 1.82) is 0 Å². The standard InChI is InChI=1S/C50H31N3S2/c1-5-15-34(16-6-1)51(35-17-7-2-8-18-35)38-26-25-32-30-41-44(31-33(32)29-38)55-49-45(41)40-27-28-42(52(36-19-9-3-10-20-36)37-21-11-4-12-22-37)47-46-39-23-13-14-24-43(39)54-50(46)53(49)48(40)47/h1-31H. The van der Waals surface area contributed by atoms with Gasteiger partial charge < -0.3 is 9.80 Å². The van der Waals surface area contributed by atoms with Gasteiger partial charge >= 0.3 is 0 Å². The highest BCUT2D eigenvalue weighted by atomic mass is 32.1. The summed E-state index contributed by atoms with van der Waals surface area (Å²) < 4.78 is 5.21. The molecule has 0 spiro atoms. The fraction of sp³-hybridized carbons (Fsp3) is 0. The summed E-state index contributed by atoms with van der Waals surface area (Å²) in [5.41, 5.74) is 8.22. The van der Waals surface area contributed by atoms with E-state index in [0.717, 1.165) is 28.4 Å². The summed E-state index contributed by atoms with van der Waals surface area (Å²) in [5.74, 6) is 0. The van der Waals surface area contributed by atoms with Crippen LogP contribution in [0.4, 0.5) is 34.1 Å². The molecule has 0 saturated heterocycles. The van der Waals surface area contributed by atoms with E-state index in [0.29, 0.717) is 0 Å². The van der Waals surface area contributed by atoms with Gasteiger partial charge in [-0.15, -0.1) is 22.7 Å². The molecular formula is C50H31N3S2. The summed E-state index contributed by atoms with van der Waals surface area (Å²) in [7, 11) is 0. The predicted molar refractivity (Wildman–Crippen MR) is 239 cm³/mol. The van der Waals surface area contributed by atoms with Gasteiger partial charge in [-0.1, -0.05) is 103 Å². The fourth-order valence-electron chi connectivity index (χ4n) is 8.73. The number of para-hydroxylation sites is 4. The molecule has 0 aliphatic rings. The maximum atomic E-state index is 2.59. The van der Waals surface area contributed by atoms with Gasteiger partial charge in [0.25, 0.3) is 0 Å². The van der Waals surface area contributed by atoms with Crippen molar-refractivity contribution in [2.75, 3.05) is 9.80 Å². The Balaban J connectivity index is 1.13. The lowest BCUT2D eigenvalue weighted by Crippen LogP contribution is -2.10. The Bertz CT molecular complexity index is 3290. The highest BCUT2D eigenvalue weighted by Crippen LogP contribution is 2.53. The van der Waals surface area contributed by atoms with Crippen LogP contribution in [0, 0.1) is 0 Å². The first-order chi connectivity index (χ1) is 27.3. The Hall–Kier alpha value is -6.66. The van der Waals surface area contributed by atoms with Crippen LogP contribution in [0.15, 0.2) is 188 Å². The van der Waals surface area contributed by atoms with Crippen molar-refractivity contribution in [1.82, 2.24) is 4.40 Å². The zero-order valence-electron chi connectivity index (χ0n) is 29.6. The minimum Gasteiger partial charge on any atom is -0.310 e. The number of hydrogen-bond acceptors (Lipinski definition) is 4. The van der Waals surface area contributed by atoms with E-state index in [-0.39, 0.29) is 0 Å². The Morgan fingerprint density at radius 1 is 0.345 bits per heavy atom. The van der Waals surface area contributed by atoms with Crippen molar-refractivity contribution >= 4 is 124 Å². The number of nitrogens with zero attached hydrogens (tertiary/aromatic N) is 3. The molecule has 12 aromatic rings. The van der Waals surface area contributed by atoms with Crippen molar-refractivity contribution in [3.05, 3.63) is 188 Å². The second-order valence-corrected chi connectivity index (χ2v) is 16.2. The van der Waals surface area contributed by atoms with Gasteiger partial charge in [0, 0.05) is 70.2 Å². The fourth-order valence-corrected chi connectivity index (χ4v) is 11.3. The number of fused-ring (bicyclic) bond motifs is 11. The summed E-state index contributed by atoms with van der Waals surface area (Å²) in [6.45, 7) is 0. The molecule has 0 unspecified atom stereocenters. The molecule has 0 saturated carbocycles. The molecule has 0 aliphatic heterocycles. The molecule has 4 heterocycles. The first kappa shape index (κ1) is 30.8. The monoisotopic (exact) mass is 737 g/mol. The lowest BCUT2D eigenvalue weighted by atomic mass is 10.0. The first-order valence-electron chi connectivity index (χ1n) is 18.6. The van der Waals surface area contributed by atoms with Crippen molar-refractivity contribution in [2.45, 2.75) is 0 Å². The maximum Gasteiger partial charge on any atom is 0.110 e. The highest BCUT2D eigenvalue weighted by Gasteiger charge is 2.28. The molecule has 0 fully saturated rings. The molecule has 12 rings (SSSR count). The molecule has 8 aromatic carbocycles. The first-order valence-corrected chi connectivity index (χ1v) is 20.2. The average molecular weight is 738 g/mol. The number of benzene rings is 8. The molecular weight excluding hydrogens is 707 g/mol. The number of aromatic nitrogens is 1. The van der Waals surface area contributed by atoms with Crippen LogP contribution in [-0.2, 0) is 0 Å². The molecule has 4 aromatic heterocycles. The molecule has 55 heavy (non-hydrogen) atoms. The Kier molecular flexibility index (Phi) is 6.67. The molecule has 0 radical (unpaired) electrons. The minimum atomic E-state index is 1.14. The summed E-state index contributed by atoms with van der Waals surface area (Å²) >= 11 is 3.82. The molecule has 0 N–H and O–H groups in total. The van der Waals surface area contributed by atoms with Crippen LogP contribution in [-0.4, -0.2) is 4.40 Å². The summed E-state index contributed by atoms with van der Waals surface area (Å²) in [4.78, 5) is 7.39. The average Bonchev–Trinajstić information content (AvgIpc) is 3.98. The van der Waals surface area contributed by atoms with Crippen LogP contribution >= 0.6 is 22.7 Å². The van der Waals surface area contributed by atoms with Crippen LogP contribution in [0.1, 0.15) is 0 Å². The summed E-state index contributed by atoms with van der Waals surface area (Å²) in [6.07, 6.45) is 0. The van der Waals surface area contributed by atoms with Crippen molar-refractivity contribution in [3.8, 4) is 0 Å². The number of rotatable bonds is 6. The van der Waals surface area contributed by atoms with Gasteiger partial charge in [-0.25, -0.2) is 0 Å². The van der Waals surface area contributed by atoms with Gasteiger partial charge in [-0.05, 0) is 95.7 Å². The lowest BCUT2D eigenvalue weighted by Gasteiger charge is -2.26. The zero-order chi connectivity index (χ0) is 36.0. The van der Waals surface area contributed by atoms with E-state index in [1.807, 2.05) is 22.7 Å². The quantitative estimate of drug-likeness (QED) is 0.168. The molecule has 5 heteroatoms. The number of hydrogen-bond donors (Lipinski definition) is 0. The van der Waals surface area contributed by atoms with Crippen LogP contribution in [0.25, 0.3) is 67.7 Å². The smallest absolute Gasteiger partial charge is 0.110 e. The third-order valence-corrected chi connectivity index (χ3v) is 13.3. The zero-order valence-corrected chi connectivity index (χ0v) is 31.2. The van der Waals surface area contributed by atoms with E-state index in [1.54, 1.807) is 0 Å². The van der Waals surface area contributed by atoms with Crippen molar-refractivity contribution in [3.63, 3.8) is 0 Å². The van der Waals surface area contributed by atoms with Crippen LogP contribution in [0.3, 0.4) is 0 Å². The Morgan fingerprint density at radius 2 is 0.909 bits per heavy atom. The topological polar surface area (TPSA) is 10.9 Å². The van der Waals surface area contributed by atoms with E-state index >= 15 is 0 Å². The maximum absolute atomic E-state index is 2.59. The van der Waals surface area contributed by atoms with Gasteiger partial charge in [-0.3, -0.25) is 4.40 Å². The molecule has 0 aliphatic carbocycles. The van der Waals surface area contributed by atoms with E-state index in [9.17, 15) is 0 Å². The van der Waals surface area contributed by atoms with E-state index in [2.05, 4.69) is 202 Å². The van der Waals surface area contributed by atoms with E-state index in [4.69, 9.17) is 0 Å². The SMILES string of the molecule is c1ccc(N(c2ccccc2)c2ccc3cc4c(cc3c2)sc2c4c3ccc(N(c4ccccc4)c4ccccc4)c4c5c6ccccc6sc5n2c34)cc1. The molecule has 0 amide bonds. The van der Waals surface area contributed by atoms with Gasteiger partial charge in [0.05, 0.1) is 11.2 Å². The normalized spacial score (nSPS) is 12.0. The van der Waals surface area contributed by atoms with Gasteiger partial charge in [-0.2, -0.15) is 0 Å². The minimum absolute atomic E-state index is 1.14. The summed E-state index contributed by atoms with van der Waals surface area (Å²) in [5, 5.41) is 10.4. The second kappa shape index (κ2) is 11.9. The van der Waals surface area contributed by atoms with Crippen LogP contribution in [0.5, 0.6) is 0 Å². The molecule has 258 valence electrons. The molecule has 0 bridgehead atoms.